The second kappa shape index (κ2) is 5.72. The zero-order chi connectivity index (χ0) is 15.5. The highest BCUT2D eigenvalue weighted by atomic mass is 16.5. The Bertz CT molecular complexity index is 786. The molecule has 3 rings (SSSR count). The van der Waals surface area contributed by atoms with Gasteiger partial charge in [0.1, 0.15) is 0 Å². The molecule has 0 aliphatic carbocycles. The average molecular weight is 297 g/mol. The first-order valence-electron chi connectivity index (χ1n) is 6.66. The van der Waals surface area contributed by atoms with Crippen LogP contribution < -0.4 is 10.5 Å². The number of hydrogen-bond acceptors (Lipinski definition) is 6. The summed E-state index contributed by atoms with van der Waals surface area (Å²) in [6.07, 6.45) is 0. The molecule has 1 heterocycles. The zero-order valence-electron chi connectivity index (χ0n) is 12.0. The lowest BCUT2D eigenvalue weighted by Crippen LogP contribution is -2.03. The number of rotatable bonds is 4. The smallest absolute Gasteiger partial charge is 0.205 e. The lowest BCUT2D eigenvalue weighted by Gasteiger charge is -2.07. The van der Waals surface area contributed by atoms with Gasteiger partial charge in [0.15, 0.2) is 11.5 Å². The summed E-state index contributed by atoms with van der Waals surface area (Å²) in [6.45, 7) is 0.526. The number of aromatic nitrogens is 4. The summed E-state index contributed by atoms with van der Waals surface area (Å²) < 4.78 is 5.08. The summed E-state index contributed by atoms with van der Waals surface area (Å²) in [5.41, 5.74) is 7.66. The number of benzene rings is 2. The van der Waals surface area contributed by atoms with Crippen LogP contribution in [0.3, 0.4) is 0 Å². The molecule has 0 unspecified atom stereocenters. The van der Waals surface area contributed by atoms with E-state index in [9.17, 15) is 5.11 Å². The van der Waals surface area contributed by atoms with Gasteiger partial charge in [-0.25, -0.2) is 0 Å². The third-order valence-electron chi connectivity index (χ3n) is 3.20. The molecular weight excluding hydrogens is 282 g/mol. The molecule has 0 saturated heterocycles. The minimum atomic E-state index is -0.0945. The van der Waals surface area contributed by atoms with Gasteiger partial charge in [-0.3, -0.25) is 0 Å². The third-order valence-corrected chi connectivity index (χ3v) is 3.20. The monoisotopic (exact) mass is 297 g/mol. The Morgan fingerprint density at radius 2 is 2.00 bits per heavy atom. The molecule has 0 saturated carbocycles. The fourth-order valence-corrected chi connectivity index (χ4v) is 2.09. The van der Waals surface area contributed by atoms with Crippen LogP contribution in [0.4, 0.5) is 5.69 Å². The largest absolute Gasteiger partial charge is 0.503 e. The van der Waals surface area contributed by atoms with Crippen LogP contribution in [0.1, 0.15) is 5.56 Å². The summed E-state index contributed by atoms with van der Waals surface area (Å²) in [5, 5.41) is 22.1. The summed E-state index contributed by atoms with van der Waals surface area (Å²) in [4.78, 5) is 1.50. The number of nitrogens with two attached hydrogens (primary N) is 1. The Balaban J connectivity index is 1.89. The zero-order valence-corrected chi connectivity index (χ0v) is 12.0. The van der Waals surface area contributed by atoms with E-state index in [0.717, 1.165) is 5.56 Å². The second-order valence-electron chi connectivity index (χ2n) is 4.75. The van der Waals surface area contributed by atoms with Crippen molar-refractivity contribution >= 4 is 5.69 Å². The second-order valence-corrected chi connectivity index (χ2v) is 4.75. The van der Waals surface area contributed by atoms with E-state index in [1.54, 1.807) is 12.1 Å². The van der Waals surface area contributed by atoms with E-state index >= 15 is 0 Å². The molecule has 0 amide bonds. The number of methoxy groups -OCH3 is 1. The van der Waals surface area contributed by atoms with Gasteiger partial charge in [-0.15, -0.1) is 10.2 Å². The van der Waals surface area contributed by atoms with Gasteiger partial charge in [-0.1, -0.05) is 30.3 Å². The van der Waals surface area contributed by atoms with E-state index in [1.165, 1.54) is 11.9 Å². The van der Waals surface area contributed by atoms with E-state index in [-0.39, 0.29) is 17.2 Å². The van der Waals surface area contributed by atoms with Crippen LogP contribution in [0.15, 0.2) is 42.5 Å². The fraction of sp³-hybridized carbons (Fsp3) is 0.133. The Kier molecular flexibility index (Phi) is 3.61. The molecule has 0 atom stereocenters. The minimum Gasteiger partial charge on any atom is -0.503 e. The molecule has 0 radical (unpaired) electrons. The highest BCUT2D eigenvalue weighted by molar-refractivity contribution is 5.70. The first-order chi connectivity index (χ1) is 10.7. The Morgan fingerprint density at radius 1 is 1.23 bits per heavy atom. The third kappa shape index (κ3) is 2.69. The predicted molar refractivity (Wildman–Crippen MR) is 81.4 cm³/mol. The Hall–Kier alpha value is -3.09. The van der Waals surface area contributed by atoms with Crippen molar-refractivity contribution in [3.63, 3.8) is 0 Å². The van der Waals surface area contributed by atoms with Crippen LogP contribution in [0.25, 0.3) is 11.4 Å². The molecule has 0 spiro atoms. The maximum absolute atomic E-state index is 9.76. The van der Waals surface area contributed by atoms with Gasteiger partial charge in [0.05, 0.1) is 19.3 Å². The van der Waals surface area contributed by atoms with Gasteiger partial charge >= 0.3 is 0 Å². The van der Waals surface area contributed by atoms with E-state index < -0.39 is 0 Å². The molecule has 7 heteroatoms. The lowest BCUT2D eigenvalue weighted by atomic mass is 10.1. The molecule has 22 heavy (non-hydrogen) atoms. The first kappa shape index (κ1) is 13.9. The van der Waals surface area contributed by atoms with Crippen LogP contribution >= 0.6 is 0 Å². The van der Waals surface area contributed by atoms with Crippen LogP contribution in [0.2, 0.25) is 0 Å². The topological polar surface area (TPSA) is 99.1 Å². The lowest BCUT2D eigenvalue weighted by molar-refractivity contribution is 0.375. The van der Waals surface area contributed by atoms with Crippen LogP contribution in [-0.2, 0) is 6.54 Å². The van der Waals surface area contributed by atoms with Crippen molar-refractivity contribution in [2.75, 3.05) is 12.8 Å². The predicted octanol–water partition coefficient (Wildman–Crippen LogP) is 1.68. The summed E-state index contributed by atoms with van der Waals surface area (Å²) >= 11 is 0. The molecule has 0 bridgehead atoms. The van der Waals surface area contributed by atoms with Crippen molar-refractivity contribution in [1.29, 1.82) is 0 Å². The van der Waals surface area contributed by atoms with Gasteiger partial charge in [0.2, 0.25) is 5.82 Å². The van der Waals surface area contributed by atoms with Crippen molar-refractivity contribution in [2.45, 2.75) is 6.54 Å². The summed E-state index contributed by atoms with van der Waals surface area (Å²) in [6, 6.07) is 13.1. The number of hydrogen-bond donors (Lipinski definition) is 2. The molecular formula is C15H15N5O2. The van der Waals surface area contributed by atoms with E-state index in [1.807, 2.05) is 30.3 Å². The van der Waals surface area contributed by atoms with Gasteiger partial charge < -0.3 is 15.6 Å². The highest BCUT2D eigenvalue weighted by Gasteiger charge is 2.13. The number of aromatic hydroxyl groups is 1. The first-order valence-corrected chi connectivity index (χ1v) is 6.66. The maximum Gasteiger partial charge on any atom is 0.205 e. The highest BCUT2D eigenvalue weighted by Crippen LogP contribution is 2.35. The number of ether oxygens (including phenoxy) is 1. The molecule has 0 aliphatic rings. The van der Waals surface area contributed by atoms with Crippen molar-refractivity contribution < 1.29 is 9.84 Å². The number of tetrazole rings is 1. The van der Waals surface area contributed by atoms with Crippen LogP contribution in [-0.4, -0.2) is 32.4 Å². The van der Waals surface area contributed by atoms with Gasteiger partial charge in [-0.2, -0.15) is 4.80 Å². The van der Waals surface area contributed by atoms with Gasteiger partial charge in [-0.05, 0) is 22.9 Å². The number of anilines is 1. The molecule has 7 nitrogen and oxygen atoms in total. The van der Waals surface area contributed by atoms with Crippen molar-refractivity contribution in [3.8, 4) is 22.9 Å². The normalized spacial score (nSPS) is 10.6. The molecule has 0 fully saturated rings. The SMILES string of the molecule is COc1cc(-c2nnn(Cc3ccccc3)n2)cc(N)c1O. The van der Waals surface area contributed by atoms with Gasteiger partial charge in [0, 0.05) is 5.56 Å². The number of phenols is 1. The minimum absolute atomic E-state index is 0.0945. The summed E-state index contributed by atoms with van der Waals surface area (Å²) in [5.74, 6) is 0.596. The van der Waals surface area contributed by atoms with Crippen molar-refractivity contribution in [2.24, 2.45) is 0 Å². The number of nitrogen functional groups attached to an aromatic ring is 1. The molecule has 112 valence electrons. The Morgan fingerprint density at radius 3 is 2.73 bits per heavy atom. The van der Waals surface area contributed by atoms with Crippen LogP contribution in [0.5, 0.6) is 11.5 Å². The summed E-state index contributed by atoms with van der Waals surface area (Å²) in [7, 11) is 1.46. The maximum atomic E-state index is 9.76. The average Bonchev–Trinajstić information content (AvgIpc) is 2.99. The Labute approximate surface area is 127 Å². The van der Waals surface area contributed by atoms with Crippen LogP contribution in [0, 0.1) is 0 Å². The van der Waals surface area contributed by atoms with Crippen molar-refractivity contribution in [3.05, 3.63) is 48.0 Å². The molecule has 3 aromatic rings. The number of phenolic OH excluding ortho intramolecular Hbond substituents is 1. The molecule has 3 N–H and O–H groups in total. The van der Waals surface area contributed by atoms with E-state index in [4.69, 9.17) is 10.5 Å². The molecule has 0 aliphatic heterocycles. The van der Waals surface area contributed by atoms with Gasteiger partial charge in [0.25, 0.3) is 0 Å². The standard InChI is InChI=1S/C15H15N5O2/c1-22-13-8-11(7-12(16)14(13)21)15-17-19-20(18-15)9-10-5-3-2-4-6-10/h2-8,21H,9,16H2,1H3. The quantitative estimate of drug-likeness (QED) is 0.561. The van der Waals surface area contributed by atoms with E-state index in [0.29, 0.717) is 17.9 Å². The fourth-order valence-electron chi connectivity index (χ4n) is 2.09. The molecule has 2 aromatic carbocycles. The van der Waals surface area contributed by atoms with E-state index in [2.05, 4.69) is 15.4 Å². The van der Waals surface area contributed by atoms with Crippen molar-refractivity contribution in [1.82, 2.24) is 20.2 Å². The molecule has 1 aromatic heterocycles. The number of nitrogens with zero attached hydrogens (tertiary/aromatic N) is 4.